The largest absolute Gasteiger partial charge is 0.355 e. The Labute approximate surface area is 203 Å². The van der Waals surface area contributed by atoms with Crippen LogP contribution in [-0.2, 0) is 6.54 Å². The van der Waals surface area contributed by atoms with Gasteiger partial charge < -0.3 is 10.2 Å². The minimum absolute atomic E-state index is 0.134. The second-order valence-electron chi connectivity index (χ2n) is 8.93. The number of imide groups is 1. The summed E-state index contributed by atoms with van der Waals surface area (Å²) in [5.41, 5.74) is 3.77. The van der Waals surface area contributed by atoms with Crippen LogP contribution in [0.1, 0.15) is 65.4 Å². The fraction of sp³-hybridized carbons (Fsp3) is 0.214. The van der Waals surface area contributed by atoms with Crippen molar-refractivity contribution in [3.63, 3.8) is 0 Å². The summed E-state index contributed by atoms with van der Waals surface area (Å²) >= 11 is 0. The average Bonchev–Trinajstić information content (AvgIpc) is 3.69. The van der Waals surface area contributed by atoms with E-state index in [2.05, 4.69) is 5.32 Å². The van der Waals surface area contributed by atoms with Crippen molar-refractivity contribution in [3.05, 3.63) is 100 Å². The summed E-state index contributed by atoms with van der Waals surface area (Å²) in [6.45, 7) is 2.25. The van der Waals surface area contributed by atoms with Gasteiger partial charge in [0.2, 0.25) is 0 Å². The Morgan fingerprint density at radius 3 is 2.23 bits per heavy atom. The minimum Gasteiger partial charge on any atom is -0.355 e. The number of hydrogen-bond donors (Lipinski definition) is 1. The first-order valence-corrected chi connectivity index (χ1v) is 11.6. The normalized spacial score (nSPS) is 14.6. The smallest absolute Gasteiger partial charge is 0.266 e. The molecule has 0 unspecified atom stereocenters. The molecule has 0 radical (unpaired) electrons. The third kappa shape index (κ3) is 4.10. The van der Waals surface area contributed by atoms with Crippen LogP contribution in [0.15, 0.2) is 66.7 Å². The summed E-state index contributed by atoms with van der Waals surface area (Å²) in [6, 6.07) is 19.3. The van der Waals surface area contributed by atoms with Crippen molar-refractivity contribution in [2.24, 2.45) is 0 Å². The van der Waals surface area contributed by atoms with E-state index in [-0.39, 0.29) is 29.3 Å². The summed E-state index contributed by atoms with van der Waals surface area (Å²) in [4.78, 5) is 54.5. The number of para-hydroxylation sites is 1. The first-order valence-electron chi connectivity index (χ1n) is 11.6. The predicted octanol–water partition coefficient (Wildman–Crippen LogP) is 3.96. The zero-order chi connectivity index (χ0) is 24.7. The molecular formula is C28H25N3O4. The predicted molar refractivity (Wildman–Crippen MR) is 131 cm³/mol. The lowest BCUT2D eigenvalue weighted by atomic mass is 10.0. The zero-order valence-electron chi connectivity index (χ0n) is 19.6. The lowest BCUT2D eigenvalue weighted by Crippen LogP contribution is -2.32. The summed E-state index contributed by atoms with van der Waals surface area (Å²) in [5, 5.41) is 2.59. The molecule has 7 heteroatoms. The molecule has 3 aromatic rings. The maximum Gasteiger partial charge on any atom is 0.266 e. The number of rotatable bonds is 6. The number of benzene rings is 3. The number of amides is 4. The Morgan fingerprint density at radius 1 is 0.914 bits per heavy atom. The van der Waals surface area contributed by atoms with E-state index in [0.717, 1.165) is 24.0 Å². The number of anilines is 1. The quantitative estimate of drug-likeness (QED) is 0.556. The van der Waals surface area contributed by atoms with Crippen molar-refractivity contribution in [1.82, 2.24) is 10.2 Å². The van der Waals surface area contributed by atoms with Crippen LogP contribution >= 0.6 is 0 Å². The van der Waals surface area contributed by atoms with Crippen LogP contribution in [0.5, 0.6) is 0 Å². The van der Waals surface area contributed by atoms with Crippen LogP contribution in [0.4, 0.5) is 5.69 Å². The Balaban J connectivity index is 1.40. The number of carbonyl (C=O) groups is 4. The summed E-state index contributed by atoms with van der Waals surface area (Å²) in [7, 11) is 1.58. The minimum atomic E-state index is -0.420. The van der Waals surface area contributed by atoms with Gasteiger partial charge in [-0.05, 0) is 67.3 Å². The van der Waals surface area contributed by atoms with E-state index in [1.807, 2.05) is 31.2 Å². The molecule has 5 rings (SSSR count). The number of aryl methyl sites for hydroxylation is 1. The topological polar surface area (TPSA) is 86.8 Å². The van der Waals surface area contributed by atoms with Gasteiger partial charge in [-0.25, -0.2) is 4.90 Å². The van der Waals surface area contributed by atoms with Gasteiger partial charge in [0, 0.05) is 30.8 Å². The molecule has 0 saturated heterocycles. The van der Waals surface area contributed by atoms with Gasteiger partial charge in [0.1, 0.15) is 0 Å². The van der Waals surface area contributed by atoms with Crippen LogP contribution in [-0.4, -0.2) is 41.6 Å². The monoisotopic (exact) mass is 467 g/mol. The highest BCUT2D eigenvalue weighted by molar-refractivity contribution is 6.35. The molecule has 176 valence electrons. The molecule has 1 aliphatic heterocycles. The highest BCUT2D eigenvalue weighted by Gasteiger charge is 2.39. The molecule has 1 N–H and O–H groups in total. The number of nitrogens with zero attached hydrogens (tertiary/aromatic N) is 2. The molecule has 1 heterocycles. The van der Waals surface area contributed by atoms with Crippen molar-refractivity contribution in [1.29, 1.82) is 0 Å². The summed E-state index contributed by atoms with van der Waals surface area (Å²) in [6.07, 6.45) is 1.84. The Hall–Kier alpha value is -4.26. The molecule has 1 fully saturated rings. The summed E-state index contributed by atoms with van der Waals surface area (Å²) in [5.74, 6) is -1.14. The second kappa shape index (κ2) is 8.83. The fourth-order valence-electron chi connectivity index (χ4n) is 4.43. The molecule has 35 heavy (non-hydrogen) atoms. The van der Waals surface area contributed by atoms with Gasteiger partial charge in [-0.2, -0.15) is 0 Å². The Kier molecular flexibility index (Phi) is 5.68. The number of nitrogens with one attached hydrogen (secondary N) is 1. The molecule has 1 saturated carbocycles. The van der Waals surface area contributed by atoms with Gasteiger partial charge in [0.25, 0.3) is 23.6 Å². The lowest BCUT2D eigenvalue weighted by Gasteiger charge is -2.23. The molecule has 0 bridgehead atoms. The Morgan fingerprint density at radius 2 is 1.57 bits per heavy atom. The molecule has 0 atom stereocenters. The van der Waals surface area contributed by atoms with Crippen LogP contribution in [0.3, 0.4) is 0 Å². The number of carbonyl (C=O) groups excluding carboxylic acids is 4. The third-order valence-electron chi connectivity index (χ3n) is 6.53. The standard InChI is InChI=1S/C28H25N3O4/c1-17-5-3-4-6-24(17)31-27(34)22-14-11-20(15-23(22)28(31)35)26(33)30(21-12-13-21)16-18-7-9-19(10-8-18)25(32)29-2/h3-11,14-15,21H,12-13,16H2,1-2H3,(H,29,32). The van der Waals surface area contributed by atoms with Crippen molar-refractivity contribution >= 4 is 29.3 Å². The van der Waals surface area contributed by atoms with E-state index < -0.39 is 5.91 Å². The first-order chi connectivity index (χ1) is 16.9. The SMILES string of the molecule is CNC(=O)c1ccc(CN(C(=O)c2ccc3c(c2)C(=O)N(c2ccccc2C)C3=O)C2CC2)cc1. The van der Waals surface area contributed by atoms with Gasteiger partial charge in [-0.1, -0.05) is 30.3 Å². The first kappa shape index (κ1) is 22.5. The molecule has 0 aromatic heterocycles. The van der Waals surface area contributed by atoms with Gasteiger partial charge in [-0.15, -0.1) is 0 Å². The van der Waals surface area contributed by atoms with Gasteiger partial charge in [0.05, 0.1) is 16.8 Å². The lowest BCUT2D eigenvalue weighted by molar-refractivity contribution is 0.0729. The number of fused-ring (bicyclic) bond motifs is 1. The molecule has 2 aliphatic rings. The van der Waals surface area contributed by atoms with Gasteiger partial charge in [0.15, 0.2) is 0 Å². The van der Waals surface area contributed by atoms with E-state index in [0.29, 0.717) is 28.9 Å². The fourth-order valence-corrected chi connectivity index (χ4v) is 4.43. The van der Waals surface area contributed by atoms with Crippen LogP contribution in [0, 0.1) is 6.92 Å². The molecule has 3 aromatic carbocycles. The summed E-state index contributed by atoms with van der Waals surface area (Å²) < 4.78 is 0. The van der Waals surface area contributed by atoms with E-state index >= 15 is 0 Å². The van der Waals surface area contributed by atoms with Crippen LogP contribution in [0.25, 0.3) is 0 Å². The molecular weight excluding hydrogens is 442 g/mol. The second-order valence-corrected chi connectivity index (χ2v) is 8.93. The third-order valence-corrected chi connectivity index (χ3v) is 6.53. The molecule has 0 spiro atoms. The van der Waals surface area contributed by atoms with Crippen molar-refractivity contribution < 1.29 is 19.2 Å². The zero-order valence-corrected chi connectivity index (χ0v) is 19.6. The van der Waals surface area contributed by atoms with Gasteiger partial charge in [-0.3, -0.25) is 19.2 Å². The molecule has 7 nitrogen and oxygen atoms in total. The maximum absolute atomic E-state index is 13.5. The van der Waals surface area contributed by atoms with Crippen LogP contribution < -0.4 is 10.2 Å². The van der Waals surface area contributed by atoms with E-state index in [1.54, 1.807) is 54.4 Å². The molecule has 1 aliphatic carbocycles. The van der Waals surface area contributed by atoms with E-state index in [1.165, 1.54) is 4.90 Å². The van der Waals surface area contributed by atoms with E-state index in [4.69, 9.17) is 0 Å². The maximum atomic E-state index is 13.5. The van der Waals surface area contributed by atoms with Gasteiger partial charge >= 0.3 is 0 Å². The highest BCUT2D eigenvalue weighted by Crippen LogP contribution is 2.33. The van der Waals surface area contributed by atoms with Crippen molar-refractivity contribution in [2.45, 2.75) is 32.4 Å². The van der Waals surface area contributed by atoms with Crippen molar-refractivity contribution in [2.75, 3.05) is 11.9 Å². The van der Waals surface area contributed by atoms with Crippen molar-refractivity contribution in [3.8, 4) is 0 Å². The van der Waals surface area contributed by atoms with Crippen LogP contribution in [0.2, 0.25) is 0 Å². The molecule has 4 amide bonds. The highest BCUT2D eigenvalue weighted by atomic mass is 16.2. The number of hydrogen-bond acceptors (Lipinski definition) is 4. The average molecular weight is 468 g/mol. The van der Waals surface area contributed by atoms with E-state index in [9.17, 15) is 19.2 Å². The Bertz CT molecular complexity index is 1360.